The fraction of sp³-hybridized carbons (Fsp3) is 0.316. The third-order valence-corrected chi connectivity index (χ3v) is 4.57. The summed E-state index contributed by atoms with van der Waals surface area (Å²) in [5, 5.41) is 9.74. The molecule has 2 aromatic carbocycles. The van der Waals surface area contributed by atoms with Crippen LogP contribution in [0, 0.1) is 11.7 Å². The van der Waals surface area contributed by atoms with Gasteiger partial charge in [0.25, 0.3) is 5.91 Å². The Kier molecular flexibility index (Phi) is 4.72. The lowest BCUT2D eigenvalue weighted by Gasteiger charge is -2.38. The van der Waals surface area contributed by atoms with Crippen molar-refractivity contribution in [1.29, 1.82) is 0 Å². The zero-order chi connectivity index (χ0) is 16.2. The number of carbonyl (C=O) groups excluding carboxylic acids is 1. The van der Waals surface area contributed by atoms with Gasteiger partial charge in [0, 0.05) is 31.2 Å². The largest absolute Gasteiger partial charge is 0.396 e. The van der Waals surface area contributed by atoms with Crippen LogP contribution in [0.1, 0.15) is 28.3 Å². The number of rotatable bonds is 3. The number of benzene rings is 2. The van der Waals surface area contributed by atoms with Crippen LogP contribution in [0.4, 0.5) is 4.39 Å². The SMILES string of the molecule is O=C(c1ccccc1)N1CCC(c2ccc(F)cc2)C(CO)C1. The highest BCUT2D eigenvalue weighted by Gasteiger charge is 2.32. The molecule has 1 N–H and O–H groups in total. The van der Waals surface area contributed by atoms with Crippen molar-refractivity contribution < 1.29 is 14.3 Å². The fourth-order valence-electron chi connectivity index (χ4n) is 3.31. The summed E-state index contributed by atoms with van der Waals surface area (Å²) in [6.45, 7) is 1.18. The van der Waals surface area contributed by atoms with E-state index >= 15 is 0 Å². The molecule has 120 valence electrons. The third-order valence-electron chi connectivity index (χ3n) is 4.57. The second-order valence-corrected chi connectivity index (χ2v) is 6.01. The Bertz CT molecular complexity index is 657. The van der Waals surface area contributed by atoms with Gasteiger partial charge in [0.1, 0.15) is 5.82 Å². The minimum Gasteiger partial charge on any atom is -0.396 e. The maximum atomic E-state index is 13.1. The minimum atomic E-state index is -0.258. The second-order valence-electron chi connectivity index (χ2n) is 6.01. The first kappa shape index (κ1) is 15.7. The molecule has 0 bridgehead atoms. The first-order valence-corrected chi connectivity index (χ1v) is 7.89. The average Bonchev–Trinajstić information content (AvgIpc) is 2.62. The minimum absolute atomic E-state index is 0.00149. The second kappa shape index (κ2) is 6.92. The van der Waals surface area contributed by atoms with E-state index in [2.05, 4.69) is 0 Å². The summed E-state index contributed by atoms with van der Waals surface area (Å²) in [6.07, 6.45) is 0.773. The van der Waals surface area contributed by atoms with E-state index in [4.69, 9.17) is 0 Å². The lowest BCUT2D eigenvalue weighted by molar-refractivity contribution is 0.0578. The van der Waals surface area contributed by atoms with Gasteiger partial charge in [-0.25, -0.2) is 4.39 Å². The van der Waals surface area contributed by atoms with Crippen molar-refractivity contribution in [1.82, 2.24) is 4.90 Å². The normalized spacial score (nSPS) is 21.2. The Morgan fingerprint density at radius 3 is 2.48 bits per heavy atom. The van der Waals surface area contributed by atoms with Crippen LogP contribution in [0.5, 0.6) is 0 Å². The van der Waals surface area contributed by atoms with E-state index in [1.165, 1.54) is 12.1 Å². The fourth-order valence-corrected chi connectivity index (χ4v) is 3.31. The van der Waals surface area contributed by atoms with Gasteiger partial charge >= 0.3 is 0 Å². The lowest BCUT2D eigenvalue weighted by atomic mass is 9.80. The van der Waals surface area contributed by atoms with E-state index in [1.54, 1.807) is 17.0 Å². The molecule has 2 unspecified atom stereocenters. The summed E-state index contributed by atoms with van der Waals surface area (Å²) < 4.78 is 13.1. The van der Waals surface area contributed by atoms with E-state index in [-0.39, 0.29) is 30.2 Å². The molecular formula is C19H20FNO2. The van der Waals surface area contributed by atoms with Crippen molar-refractivity contribution >= 4 is 5.91 Å². The molecular weight excluding hydrogens is 293 g/mol. The Hall–Kier alpha value is -2.20. The molecule has 0 saturated carbocycles. The van der Waals surface area contributed by atoms with Crippen LogP contribution in [0.15, 0.2) is 54.6 Å². The van der Waals surface area contributed by atoms with E-state index < -0.39 is 0 Å². The standard InChI is InChI=1S/C19H20FNO2/c20-17-8-6-14(7-9-17)18-10-11-21(12-16(18)13-22)19(23)15-4-2-1-3-5-15/h1-9,16,18,22H,10-13H2. The van der Waals surface area contributed by atoms with Crippen LogP contribution in [-0.2, 0) is 0 Å². The van der Waals surface area contributed by atoms with Crippen molar-refractivity contribution in [2.75, 3.05) is 19.7 Å². The number of hydrogen-bond acceptors (Lipinski definition) is 2. The number of amides is 1. The van der Waals surface area contributed by atoms with E-state index in [1.807, 2.05) is 30.3 Å². The summed E-state index contributed by atoms with van der Waals surface area (Å²) in [5.41, 5.74) is 1.70. The summed E-state index contributed by atoms with van der Waals surface area (Å²) in [4.78, 5) is 14.3. The summed E-state index contributed by atoms with van der Waals surface area (Å²) >= 11 is 0. The van der Waals surface area contributed by atoms with Gasteiger partial charge in [0.2, 0.25) is 0 Å². The van der Waals surface area contributed by atoms with Gasteiger partial charge in [0.05, 0.1) is 0 Å². The maximum Gasteiger partial charge on any atom is 0.253 e. The predicted molar refractivity (Wildman–Crippen MR) is 86.7 cm³/mol. The molecule has 1 saturated heterocycles. The van der Waals surface area contributed by atoms with Crippen molar-refractivity contribution in [2.24, 2.45) is 5.92 Å². The molecule has 0 radical (unpaired) electrons. The van der Waals surface area contributed by atoms with Gasteiger partial charge < -0.3 is 10.0 Å². The monoisotopic (exact) mass is 313 g/mol. The lowest BCUT2D eigenvalue weighted by Crippen LogP contribution is -2.44. The zero-order valence-corrected chi connectivity index (χ0v) is 12.9. The van der Waals surface area contributed by atoms with E-state index in [0.29, 0.717) is 18.7 Å². The highest BCUT2D eigenvalue weighted by Crippen LogP contribution is 2.33. The van der Waals surface area contributed by atoms with E-state index in [9.17, 15) is 14.3 Å². The van der Waals surface area contributed by atoms with Crippen LogP contribution in [0.3, 0.4) is 0 Å². The van der Waals surface area contributed by atoms with E-state index in [0.717, 1.165) is 12.0 Å². The molecule has 2 atom stereocenters. The van der Waals surface area contributed by atoms with Crippen LogP contribution in [0.2, 0.25) is 0 Å². The number of hydrogen-bond donors (Lipinski definition) is 1. The van der Waals surface area contributed by atoms with Crippen molar-refractivity contribution in [3.63, 3.8) is 0 Å². The molecule has 1 amide bonds. The number of piperidine rings is 1. The molecule has 1 aliphatic heterocycles. The number of aliphatic hydroxyl groups is 1. The van der Waals surface area contributed by atoms with Crippen LogP contribution in [0.25, 0.3) is 0 Å². The molecule has 0 aliphatic carbocycles. The van der Waals surface area contributed by atoms with Crippen molar-refractivity contribution in [2.45, 2.75) is 12.3 Å². The first-order valence-electron chi connectivity index (χ1n) is 7.89. The number of carbonyl (C=O) groups is 1. The quantitative estimate of drug-likeness (QED) is 0.946. The van der Waals surface area contributed by atoms with Gasteiger partial charge in [-0.3, -0.25) is 4.79 Å². The van der Waals surface area contributed by atoms with Gasteiger partial charge in [0.15, 0.2) is 0 Å². The molecule has 1 fully saturated rings. The summed E-state index contributed by atoms with van der Waals surface area (Å²) in [6, 6.07) is 15.6. The Balaban J connectivity index is 1.74. The molecule has 0 aromatic heterocycles. The topological polar surface area (TPSA) is 40.5 Å². The predicted octanol–water partition coefficient (Wildman–Crippen LogP) is 3.06. The highest BCUT2D eigenvalue weighted by molar-refractivity contribution is 5.94. The third kappa shape index (κ3) is 3.42. The molecule has 0 spiro atoms. The van der Waals surface area contributed by atoms with Crippen molar-refractivity contribution in [3.05, 3.63) is 71.5 Å². The number of nitrogens with zero attached hydrogens (tertiary/aromatic N) is 1. The first-order chi connectivity index (χ1) is 11.2. The van der Waals surface area contributed by atoms with Crippen LogP contribution >= 0.6 is 0 Å². The smallest absolute Gasteiger partial charge is 0.253 e. The molecule has 3 rings (SSSR count). The molecule has 1 aliphatic rings. The Morgan fingerprint density at radius 2 is 1.83 bits per heavy atom. The number of likely N-dealkylation sites (tertiary alicyclic amines) is 1. The Morgan fingerprint density at radius 1 is 1.13 bits per heavy atom. The molecule has 2 aromatic rings. The molecule has 4 heteroatoms. The summed E-state index contributed by atoms with van der Waals surface area (Å²) in [7, 11) is 0. The Labute approximate surface area is 135 Å². The van der Waals surface area contributed by atoms with Gasteiger partial charge in [-0.2, -0.15) is 0 Å². The zero-order valence-electron chi connectivity index (χ0n) is 12.9. The number of halogens is 1. The highest BCUT2D eigenvalue weighted by atomic mass is 19.1. The molecule has 3 nitrogen and oxygen atoms in total. The molecule has 23 heavy (non-hydrogen) atoms. The van der Waals surface area contributed by atoms with Crippen LogP contribution < -0.4 is 0 Å². The molecule has 1 heterocycles. The van der Waals surface area contributed by atoms with Crippen LogP contribution in [-0.4, -0.2) is 35.6 Å². The maximum absolute atomic E-state index is 13.1. The average molecular weight is 313 g/mol. The number of aliphatic hydroxyl groups excluding tert-OH is 1. The van der Waals surface area contributed by atoms with Crippen molar-refractivity contribution in [3.8, 4) is 0 Å². The van der Waals surface area contributed by atoms with Gasteiger partial charge in [-0.1, -0.05) is 30.3 Å². The van der Waals surface area contributed by atoms with Gasteiger partial charge in [-0.15, -0.1) is 0 Å². The summed E-state index contributed by atoms with van der Waals surface area (Å²) in [5.74, 6) is -0.130. The van der Waals surface area contributed by atoms with Gasteiger partial charge in [-0.05, 0) is 42.2 Å².